The van der Waals surface area contributed by atoms with Gasteiger partial charge in [0.25, 0.3) is 5.91 Å². The van der Waals surface area contributed by atoms with Crippen LogP contribution in [0.25, 0.3) is 0 Å². The van der Waals surface area contributed by atoms with Crippen molar-refractivity contribution in [3.05, 3.63) is 47.4 Å². The third-order valence-electron chi connectivity index (χ3n) is 2.87. The van der Waals surface area contributed by atoms with E-state index in [1.165, 1.54) is 0 Å². The van der Waals surface area contributed by atoms with Crippen molar-refractivity contribution in [3.8, 4) is 0 Å². The highest BCUT2D eigenvalue weighted by molar-refractivity contribution is 5.99. The summed E-state index contributed by atoms with van der Waals surface area (Å²) >= 11 is 0. The molecule has 5 heteroatoms. The third-order valence-corrected chi connectivity index (χ3v) is 2.87. The summed E-state index contributed by atoms with van der Waals surface area (Å²) in [4.78, 5) is 11.4. The summed E-state index contributed by atoms with van der Waals surface area (Å²) in [6.07, 6.45) is 0. The van der Waals surface area contributed by atoms with Gasteiger partial charge in [-0.05, 0) is 44.2 Å². The molecule has 5 nitrogen and oxygen atoms in total. The average molecular weight is 259 g/mol. The van der Waals surface area contributed by atoms with Crippen molar-refractivity contribution >= 4 is 17.3 Å². The SMILES string of the molecule is Cc1ccc(C(C)Nc2cc(N)ccc2C(N)=O)o1. The van der Waals surface area contributed by atoms with Crippen molar-refractivity contribution in [1.82, 2.24) is 0 Å². The molecule has 5 N–H and O–H groups in total. The van der Waals surface area contributed by atoms with Crippen molar-refractivity contribution in [1.29, 1.82) is 0 Å². The van der Waals surface area contributed by atoms with Gasteiger partial charge < -0.3 is 21.2 Å². The molecule has 0 aliphatic rings. The number of primary amides is 1. The van der Waals surface area contributed by atoms with E-state index in [1.54, 1.807) is 18.2 Å². The van der Waals surface area contributed by atoms with Crippen molar-refractivity contribution in [2.24, 2.45) is 5.73 Å². The Morgan fingerprint density at radius 3 is 2.63 bits per heavy atom. The maximum atomic E-state index is 11.4. The summed E-state index contributed by atoms with van der Waals surface area (Å²) in [7, 11) is 0. The highest BCUT2D eigenvalue weighted by atomic mass is 16.3. The molecule has 1 heterocycles. The zero-order valence-electron chi connectivity index (χ0n) is 10.9. The van der Waals surface area contributed by atoms with Crippen LogP contribution in [0.3, 0.4) is 0 Å². The van der Waals surface area contributed by atoms with Crippen LogP contribution in [-0.4, -0.2) is 5.91 Å². The minimum atomic E-state index is -0.495. The lowest BCUT2D eigenvalue weighted by atomic mass is 10.1. The van der Waals surface area contributed by atoms with E-state index in [0.717, 1.165) is 11.5 Å². The van der Waals surface area contributed by atoms with Gasteiger partial charge in [-0.2, -0.15) is 0 Å². The molecular formula is C14H17N3O2. The summed E-state index contributed by atoms with van der Waals surface area (Å²) in [6, 6.07) is 8.64. The van der Waals surface area contributed by atoms with Gasteiger partial charge >= 0.3 is 0 Å². The number of nitrogens with one attached hydrogen (secondary N) is 1. The third kappa shape index (κ3) is 2.88. The van der Waals surface area contributed by atoms with Gasteiger partial charge in [0, 0.05) is 11.4 Å². The molecule has 0 radical (unpaired) electrons. The Morgan fingerprint density at radius 1 is 1.32 bits per heavy atom. The van der Waals surface area contributed by atoms with E-state index in [-0.39, 0.29) is 6.04 Å². The topological polar surface area (TPSA) is 94.3 Å². The van der Waals surface area contributed by atoms with Gasteiger partial charge in [-0.15, -0.1) is 0 Å². The second-order valence-corrected chi connectivity index (χ2v) is 4.48. The quantitative estimate of drug-likeness (QED) is 0.735. The summed E-state index contributed by atoms with van der Waals surface area (Å²) in [5.41, 5.74) is 12.6. The second kappa shape index (κ2) is 5.06. The number of carbonyl (C=O) groups excluding carboxylic acids is 1. The van der Waals surface area contributed by atoms with E-state index in [4.69, 9.17) is 15.9 Å². The number of anilines is 2. The normalized spacial score (nSPS) is 12.1. The second-order valence-electron chi connectivity index (χ2n) is 4.48. The number of nitrogens with two attached hydrogens (primary N) is 2. The molecule has 2 aromatic rings. The standard InChI is InChI=1S/C14H17N3O2/c1-8-3-6-13(19-8)9(2)17-12-7-10(15)4-5-11(12)14(16)18/h3-7,9,17H,15H2,1-2H3,(H2,16,18). The van der Waals surface area contributed by atoms with E-state index in [2.05, 4.69) is 5.32 Å². The number of hydrogen-bond donors (Lipinski definition) is 3. The molecule has 1 unspecified atom stereocenters. The first kappa shape index (κ1) is 13.0. The number of nitrogen functional groups attached to an aromatic ring is 1. The van der Waals surface area contributed by atoms with Crippen molar-refractivity contribution in [2.45, 2.75) is 19.9 Å². The molecule has 1 amide bonds. The van der Waals surface area contributed by atoms with Gasteiger partial charge in [0.1, 0.15) is 11.5 Å². The Bertz CT molecular complexity index is 604. The molecule has 0 saturated heterocycles. The lowest BCUT2D eigenvalue weighted by Crippen LogP contribution is -2.16. The molecule has 0 bridgehead atoms. The number of aryl methyl sites for hydroxylation is 1. The van der Waals surface area contributed by atoms with Gasteiger partial charge in [0.15, 0.2) is 0 Å². The van der Waals surface area contributed by atoms with Gasteiger partial charge in [-0.1, -0.05) is 0 Å². The predicted molar refractivity (Wildman–Crippen MR) is 74.9 cm³/mol. The van der Waals surface area contributed by atoms with Crippen LogP contribution in [0.2, 0.25) is 0 Å². The zero-order valence-corrected chi connectivity index (χ0v) is 10.9. The fourth-order valence-corrected chi connectivity index (χ4v) is 1.89. The van der Waals surface area contributed by atoms with Crippen LogP contribution < -0.4 is 16.8 Å². The first-order chi connectivity index (χ1) is 8.97. The van der Waals surface area contributed by atoms with Gasteiger partial charge in [-0.3, -0.25) is 4.79 Å². The van der Waals surface area contributed by atoms with Gasteiger partial charge in [0.05, 0.1) is 11.6 Å². The van der Waals surface area contributed by atoms with Gasteiger partial charge in [-0.25, -0.2) is 0 Å². The summed E-state index contributed by atoms with van der Waals surface area (Å²) < 4.78 is 5.54. The molecule has 0 aliphatic carbocycles. The molecular weight excluding hydrogens is 242 g/mol. The molecule has 0 spiro atoms. The lowest BCUT2D eigenvalue weighted by molar-refractivity contribution is 0.100. The van der Waals surface area contributed by atoms with E-state index in [1.807, 2.05) is 26.0 Å². The van der Waals surface area contributed by atoms with E-state index in [9.17, 15) is 4.79 Å². The largest absolute Gasteiger partial charge is 0.464 e. The van der Waals surface area contributed by atoms with Crippen molar-refractivity contribution in [3.63, 3.8) is 0 Å². The Morgan fingerprint density at radius 2 is 2.05 bits per heavy atom. The van der Waals surface area contributed by atoms with Crippen LogP contribution in [0.5, 0.6) is 0 Å². The molecule has 0 saturated carbocycles. The highest BCUT2D eigenvalue weighted by Gasteiger charge is 2.14. The van der Waals surface area contributed by atoms with Crippen LogP contribution in [-0.2, 0) is 0 Å². The Balaban J connectivity index is 2.27. The minimum Gasteiger partial charge on any atom is -0.464 e. The number of benzene rings is 1. The zero-order chi connectivity index (χ0) is 14.0. The molecule has 1 aromatic carbocycles. The van der Waals surface area contributed by atoms with Crippen molar-refractivity contribution < 1.29 is 9.21 Å². The highest BCUT2D eigenvalue weighted by Crippen LogP contribution is 2.25. The summed E-state index contributed by atoms with van der Waals surface area (Å²) in [6.45, 7) is 3.82. The maximum absolute atomic E-state index is 11.4. The smallest absolute Gasteiger partial charge is 0.250 e. The number of hydrogen-bond acceptors (Lipinski definition) is 4. The van der Waals surface area contributed by atoms with Crippen LogP contribution >= 0.6 is 0 Å². The fourth-order valence-electron chi connectivity index (χ4n) is 1.89. The Labute approximate surface area is 111 Å². The number of furan rings is 1. The molecule has 1 atom stereocenters. The summed E-state index contributed by atoms with van der Waals surface area (Å²) in [5, 5.41) is 3.19. The lowest BCUT2D eigenvalue weighted by Gasteiger charge is -2.16. The monoisotopic (exact) mass is 259 g/mol. The number of amides is 1. The molecule has 2 rings (SSSR count). The first-order valence-corrected chi connectivity index (χ1v) is 5.99. The fraction of sp³-hybridized carbons (Fsp3) is 0.214. The molecule has 0 aliphatic heterocycles. The number of rotatable bonds is 4. The maximum Gasteiger partial charge on any atom is 0.250 e. The molecule has 100 valence electrons. The Hall–Kier alpha value is -2.43. The van der Waals surface area contributed by atoms with Crippen LogP contribution in [0, 0.1) is 6.92 Å². The van der Waals surface area contributed by atoms with Crippen molar-refractivity contribution in [2.75, 3.05) is 11.1 Å². The first-order valence-electron chi connectivity index (χ1n) is 5.99. The van der Waals surface area contributed by atoms with E-state index < -0.39 is 5.91 Å². The molecule has 1 aromatic heterocycles. The number of carbonyl (C=O) groups is 1. The molecule has 19 heavy (non-hydrogen) atoms. The van der Waals surface area contributed by atoms with Crippen LogP contribution in [0.15, 0.2) is 34.7 Å². The minimum absolute atomic E-state index is 0.0893. The van der Waals surface area contributed by atoms with E-state index in [0.29, 0.717) is 16.9 Å². The summed E-state index contributed by atoms with van der Waals surface area (Å²) in [5.74, 6) is 1.13. The molecule has 0 fully saturated rings. The van der Waals surface area contributed by atoms with Gasteiger partial charge in [0.2, 0.25) is 0 Å². The van der Waals surface area contributed by atoms with E-state index >= 15 is 0 Å². The average Bonchev–Trinajstić information content (AvgIpc) is 2.75. The predicted octanol–water partition coefficient (Wildman–Crippen LogP) is 2.44. The van der Waals surface area contributed by atoms with Crippen LogP contribution in [0.1, 0.15) is 34.8 Å². The van der Waals surface area contributed by atoms with Crippen LogP contribution in [0.4, 0.5) is 11.4 Å². The Kier molecular flexibility index (Phi) is 3.46.